The van der Waals surface area contributed by atoms with Crippen LogP contribution in [0.15, 0.2) is 18.3 Å². The quantitative estimate of drug-likeness (QED) is 0.665. The van der Waals surface area contributed by atoms with E-state index >= 15 is 0 Å². The van der Waals surface area contributed by atoms with Gasteiger partial charge in [-0.1, -0.05) is 17.7 Å². The zero-order valence-electron chi connectivity index (χ0n) is 7.46. The Labute approximate surface area is 86.7 Å². The van der Waals surface area contributed by atoms with E-state index < -0.39 is 0 Å². The molecule has 0 unspecified atom stereocenters. The fourth-order valence-corrected chi connectivity index (χ4v) is 1.54. The largest absolute Gasteiger partial charge is 0.353 e. The third-order valence-electron chi connectivity index (χ3n) is 2.12. The molecule has 1 fully saturated rings. The summed E-state index contributed by atoms with van der Waals surface area (Å²) in [4.78, 5) is 15.4. The summed E-state index contributed by atoms with van der Waals surface area (Å²) < 4.78 is 0. The van der Waals surface area contributed by atoms with Gasteiger partial charge in [0.15, 0.2) is 0 Å². The Kier molecular flexibility index (Phi) is 2.65. The van der Waals surface area contributed by atoms with E-state index in [1.807, 2.05) is 0 Å². The molecule has 74 valence electrons. The molecule has 4 nitrogen and oxygen atoms in total. The lowest BCUT2D eigenvalue weighted by atomic mass is 10.1. The number of hydrogen-bond donors (Lipinski definition) is 2. The number of nitrogens with one attached hydrogen (secondary N) is 2. The van der Waals surface area contributed by atoms with E-state index in [0.717, 1.165) is 12.1 Å². The van der Waals surface area contributed by atoms with E-state index in [9.17, 15) is 4.79 Å². The highest BCUT2D eigenvalue weighted by atomic mass is 35.5. The number of aromatic nitrogens is 1. The molecule has 2 N–H and O–H groups in total. The molecule has 1 saturated heterocycles. The summed E-state index contributed by atoms with van der Waals surface area (Å²) in [6.07, 6.45) is 1.62. The van der Waals surface area contributed by atoms with Crippen molar-refractivity contribution in [2.75, 3.05) is 13.1 Å². The molecule has 1 amide bonds. The first-order valence-electron chi connectivity index (χ1n) is 4.40. The molecule has 2 rings (SSSR count). The third-order valence-corrected chi connectivity index (χ3v) is 2.34. The molecule has 0 aromatic carbocycles. The average molecular weight is 212 g/mol. The minimum atomic E-state index is -0.298. The lowest BCUT2D eigenvalue weighted by molar-refractivity contribution is -0.124. The van der Waals surface area contributed by atoms with E-state index in [1.54, 1.807) is 18.3 Å². The molecule has 14 heavy (non-hydrogen) atoms. The standard InChI is InChI=1S/C9H10ClN3O/c10-7-2-1-6(5-13-7)8-9(14)12-4-3-11-8/h1-2,5,8,11H,3-4H2,(H,12,14)/t8-/m1/s1. The van der Waals surface area contributed by atoms with Gasteiger partial charge in [-0.3, -0.25) is 4.79 Å². The molecule has 1 aromatic rings. The Morgan fingerprint density at radius 1 is 1.43 bits per heavy atom. The minimum absolute atomic E-state index is 0.0135. The van der Waals surface area contributed by atoms with Gasteiger partial charge < -0.3 is 10.6 Å². The second kappa shape index (κ2) is 3.94. The Hall–Kier alpha value is -1.13. The number of carbonyl (C=O) groups is 1. The SMILES string of the molecule is O=C1NCCN[C@@H]1c1ccc(Cl)nc1. The van der Waals surface area contributed by atoms with Crippen molar-refractivity contribution in [1.82, 2.24) is 15.6 Å². The van der Waals surface area contributed by atoms with Crippen LogP contribution in [0.1, 0.15) is 11.6 Å². The van der Waals surface area contributed by atoms with Crippen molar-refractivity contribution in [3.05, 3.63) is 29.0 Å². The normalized spacial score (nSPS) is 21.8. The average Bonchev–Trinajstić information content (AvgIpc) is 2.20. The van der Waals surface area contributed by atoms with Gasteiger partial charge in [-0.05, 0) is 11.6 Å². The molecule has 0 bridgehead atoms. The summed E-state index contributed by atoms with van der Waals surface area (Å²) in [6, 6.07) is 3.19. The Morgan fingerprint density at radius 2 is 2.29 bits per heavy atom. The number of rotatable bonds is 1. The van der Waals surface area contributed by atoms with Crippen LogP contribution in [0.5, 0.6) is 0 Å². The summed E-state index contributed by atoms with van der Waals surface area (Å²) in [5.74, 6) is -0.0135. The molecule has 1 atom stereocenters. The topological polar surface area (TPSA) is 54.0 Å². The Morgan fingerprint density at radius 3 is 2.93 bits per heavy atom. The lowest BCUT2D eigenvalue weighted by Gasteiger charge is -2.23. The molecule has 1 aliphatic heterocycles. The highest BCUT2D eigenvalue weighted by Gasteiger charge is 2.22. The smallest absolute Gasteiger partial charge is 0.241 e. The zero-order valence-corrected chi connectivity index (χ0v) is 8.21. The first kappa shape index (κ1) is 9.43. The maximum absolute atomic E-state index is 11.4. The van der Waals surface area contributed by atoms with E-state index in [-0.39, 0.29) is 11.9 Å². The Bertz CT molecular complexity index is 338. The molecule has 1 aromatic heterocycles. The van der Waals surface area contributed by atoms with Crippen LogP contribution in [0.25, 0.3) is 0 Å². The van der Waals surface area contributed by atoms with E-state index in [4.69, 9.17) is 11.6 Å². The van der Waals surface area contributed by atoms with Gasteiger partial charge in [0.2, 0.25) is 5.91 Å². The molecule has 2 heterocycles. The molecule has 0 saturated carbocycles. The Balaban J connectivity index is 2.20. The maximum atomic E-state index is 11.4. The van der Waals surface area contributed by atoms with Gasteiger partial charge in [0.1, 0.15) is 11.2 Å². The summed E-state index contributed by atoms with van der Waals surface area (Å²) >= 11 is 5.65. The number of nitrogens with zero attached hydrogens (tertiary/aromatic N) is 1. The van der Waals surface area contributed by atoms with Gasteiger partial charge in [0, 0.05) is 19.3 Å². The van der Waals surface area contributed by atoms with Gasteiger partial charge in [-0.15, -0.1) is 0 Å². The predicted octanol–water partition coefficient (Wildman–Crippen LogP) is 0.495. The predicted molar refractivity (Wildman–Crippen MR) is 53.0 cm³/mol. The molecule has 5 heteroatoms. The zero-order chi connectivity index (χ0) is 9.97. The summed E-state index contributed by atoms with van der Waals surface area (Å²) in [5.41, 5.74) is 0.839. The summed E-state index contributed by atoms with van der Waals surface area (Å²) in [7, 11) is 0. The second-order valence-electron chi connectivity index (χ2n) is 3.09. The van der Waals surface area contributed by atoms with Crippen molar-refractivity contribution < 1.29 is 4.79 Å². The van der Waals surface area contributed by atoms with Crippen molar-refractivity contribution in [1.29, 1.82) is 0 Å². The van der Waals surface area contributed by atoms with E-state index in [0.29, 0.717) is 11.7 Å². The van der Waals surface area contributed by atoms with Crippen LogP contribution in [0.3, 0.4) is 0 Å². The van der Waals surface area contributed by atoms with Gasteiger partial charge in [-0.25, -0.2) is 4.98 Å². The van der Waals surface area contributed by atoms with Crippen molar-refractivity contribution in [3.63, 3.8) is 0 Å². The van der Waals surface area contributed by atoms with Crippen LogP contribution in [0.2, 0.25) is 5.15 Å². The van der Waals surface area contributed by atoms with Crippen LogP contribution < -0.4 is 10.6 Å². The number of pyridine rings is 1. The molecule has 0 spiro atoms. The fraction of sp³-hybridized carbons (Fsp3) is 0.333. The van der Waals surface area contributed by atoms with Gasteiger partial charge in [-0.2, -0.15) is 0 Å². The van der Waals surface area contributed by atoms with Crippen LogP contribution in [0, 0.1) is 0 Å². The second-order valence-corrected chi connectivity index (χ2v) is 3.48. The van der Waals surface area contributed by atoms with Crippen LogP contribution in [-0.2, 0) is 4.79 Å². The van der Waals surface area contributed by atoms with E-state index in [1.165, 1.54) is 0 Å². The first-order valence-corrected chi connectivity index (χ1v) is 4.78. The maximum Gasteiger partial charge on any atom is 0.241 e. The van der Waals surface area contributed by atoms with Crippen molar-refractivity contribution >= 4 is 17.5 Å². The van der Waals surface area contributed by atoms with Crippen molar-refractivity contribution in [2.24, 2.45) is 0 Å². The molecular weight excluding hydrogens is 202 g/mol. The number of amides is 1. The summed E-state index contributed by atoms with van der Waals surface area (Å²) in [6.45, 7) is 1.45. The molecule has 1 aliphatic rings. The van der Waals surface area contributed by atoms with Gasteiger partial charge in [0.25, 0.3) is 0 Å². The van der Waals surface area contributed by atoms with Gasteiger partial charge >= 0.3 is 0 Å². The fourth-order valence-electron chi connectivity index (χ4n) is 1.42. The van der Waals surface area contributed by atoms with Crippen LogP contribution in [0.4, 0.5) is 0 Å². The van der Waals surface area contributed by atoms with Crippen LogP contribution in [-0.4, -0.2) is 24.0 Å². The third kappa shape index (κ3) is 1.86. The highest BCUT2D eigenvalue weighted by molar-refractivity contribution is 6.29. The molecule has 0 aliphatic carbocycles. The number of hydrogen-bond acceptors (Lipinski definition) is 3. The van der Waals surface area contributed by atoms with Gasteiger partial charge in [0.05, 0.1) is 0 Å². The number of carbonyl (C=O) groups excluding carboxylic acids is 1. The van der Waals surface area contributed by atoms with Crippen molar-refractivity contribution in [3.8, 4) is 0 Å². The molecular formula is C9H10ClN3O. The highest BCUT2D eigenvalue weighted by Crippen LogP contribution is 2.15. The lowest BCUT2D eigenvalue weighted by Crippen LogP contribution is -2.47. The first-order chi connectivity index (χ1) is 6.77. The van der Waals surface area contributed by atoms with E-state index in [2.05, 4.69) is 15.6 Å². The minimum Gasteiger partial charge on any atom is -0.353 e. The number of piperazine rings is 1. The van der Waals surface area contributed by atoms with Crippen molar-refractivity contribution in [2.45, 2.75) is 6.04 Å². The monoisotopic (exact) mass is 211 g/mol. The molecule has 0 radical (unpaired) electrons. The summed E-state index contributed by atoms with van der Waals surface area (Å²) in [5, 5.41) is 6.33. The van der Waals surface area contributed by atoms with Crippen LogP contribution >= 0.6 is 11.6 Å². The number of halogens is 1.